The second-order valence-electron chi connectivity index (χ2n) is 6.79. The molecule has 1 amide bonds. The fraction of sp³-hybridized carbons (Fsp3) is 0.409. The smallest absolute Gasteiger partial charge is 0.255 e. The first-order valence-corrected chi connectivity index (χ1v) is 9.47. The average Bonchev–Trinajstić information content (AvgIpc) is 2.65. The number of nitrogens with one attached hydrogen (secondary N) is 2. The topological polar surface area (TPSA) is 44.4 Å². The molecule has 0 aliphatic carbocycles. The minimum atomic E-state index is -0.0756. The first-order valence-electron chi connectivity index (χ1n) is 9.47. The van der Waals surface area contributed by atoms with Crippen molar-refractivity contribution >= 4 is 36.4 Å². The van der Waals surface area contributed by atoms with Crippen LogP contribution in [0.5, 0.6) is 0 Å². The highest BCUT2D eigenvalue weighted by Crippen LogP contribution is 2.14. The number of amides is 1. The highest BCUT2D eigenvalue weighted by atomic mass is 35.5. The molecule has 2 rings (SSSR count). The lowest BCUT2D eigenvalue weighted by Gasteiger charge is -2.24. The number of rotatable bonds is 9. The fourth-order valence-electron chi connectivity index (χ4n) is 2.89. The van der Waals surface area contributed by atoms with Gasteiger partial charge in [-0.05, 0) is 62.3 Å². The van der Waals surface area contributed by atoms with Gasteiger partial charge in [0.25, 0.3) is 5.91 Å². The molecule has 0 aliphatic heterocycles. The minimum Gasteiger partial charge on any atom is -0.322 e. The van der Waals surface area contributed by atoms with Crippen molar-refractivity contribution in [3.63, 3.8) is 0 Å². The third-order valence-corrected chi connectivity index (χ3v) is 4.50. The number of carbonyl (C=O) groups excluding carboxylic acids is 1. The van der Waals surface area contributed by atoms with E-state index >= 15 is 0 Å². The van der Waals surface area contributed by atoms with Crippen molar-refractivity contribution in [2.45, 2.75) is 46.8 Å². The summed E-state index contributed by atoms with van der Waals surface area (Å²) in [4.78, 5) is 14.9. The summed E-state index contributed by atoms with van der Waals surface area (Å²) in [6.45, 7) is 12.3. The molecule has 0 bridgehead atoms. The van der Waals surface area contributed by atoms with Crippen molar-refractivity contribution in [3.05, 3.63) is 65.2 Å². The van der Waals surface area contributed by atoms with Gasteiger partial charge in [-0.15, -0.1) is 24.8 Å². The molecular formula is C22H33Cl2N3O. The maximum Gasteiger partial charge on any atom is 0.255 e. The van der Waals surface area contributed by atoms with Crippen LogP contribution < -0.4 is 10.6 Å². The van der Waals surface area contributed by atoms with Crippen molar-refractivity contribution in [2.75, 3.05) is 18.4 Å². The summed E-state index contributed by atoms with van der Waals surface area (Å²) < 4.78 is 0. The lowest BCUT2D eigenvalue weighted by atomic mass is 10.1. The molecule has 0 aliphatic rings. The largest absolute Gasteiger partial charge is 0.322 e. The Labute approximate surface area is 181 Å². The number of carbonyl (C=O) groups is 1. The fourth-order valence-corrected chi connectivity index (χ4v) is 2.89. The lowest BCUT2D eigenvalue weighted by Crippen LogP contribution is -2.29. The Morgan fingerprint density at radius 2 is 1.68 bits per heavy atom. The van der Waals surface area contributed by atoms with Gasteiger partial charge in [0, 0.05) is 30.4 Å². The van der Waals surface area contributed by atoms with Crippen LogP contribution in [0.2, 0.25) is 0 Å². The van der Waals surface area contributed by atoms with Crippen molar-refractivity contribution in [1.82, 2.24) is 10.2 Å². The van der Waals surface area contributed by atoms with E-state index in [9.17, 15) is 4.79 Å². The lowest BCUT2D eigenvalue weighted by molar-refractivity contribution is 0.102. The molecule has 2 aromatic rings. The quantitative estimate of drug-likeness (QED) is 0.585. The van der Waals surface area contributed by atoms with Gasteiger partial charge in [0.15, 0.2) is 0 Å². The van der Waals surface area contributed by atoms with Crippen LogP contribution in [0.15, 0.2) is 48.5 Å². The molecule has 0 aromatic heterocycles. The zero-order valence-electron chi connectivity index (χ0n) is 17.2. The van der Waals surface area contributed by atoms with E-state index in [4.69, 9.17) is 0 Å². The summed E-state index contributed by atoms with van der Waals surface area (Å²) in [5.74, 6) is -0.0756. The second kappa shape index (κ2) is 13.6. The van der Waals surface area contributed by atoms with E-state index in [1.54, 1.807) is 0 Å². The SMILES string of the molecule is CCNCc1cccc(NC(=O)c2ccc(CN(CC)C(C)C)cc2)c1.Cl.Cl. The molecule has 2 aromatic carbocycles. The molecule has 0 heterocycles. The van der Waals surface area contributed by atoms with Crippen molar-refractivity contribution < 1.29 is 4.79 Å². The van der Waals surface area contributed by atoms with E-state index in [0.29, 0.717) is 11.6 Å². The van der Waals surface area contributed by atoms with E-state index in [2.05, 4.69) is 49.3 Å². The molecular weight excluding hydrogens is 393 g/mol. The zero-order valence-corrected chi connectivity index (χ0v) is 18.8. The van der Waals surface area contributed by atoms with Gasteiger partial charge in [-0.25, -0.2) is 0 Å². The Hall–Kier alpha value is -1.59. The molecule has 156 valence electrons. The Kier molecular flexibility index (Phi) is 12.8. The summed E-state index contributed by atoms with van der Waals surface area (Å²) in [7, 11) is 0. The van der Waals surface area contributed by atoms with E-state index in [1.165, 1.54) is 5.56 Å². The first-order chi connectivity index (χ1) is 12.5. The number of hydrogen-bond donors (Lipinski definition) is 2. The minimum absolute atomic E-state index is 0. The molecule has 0 spiro atoms. The van der Waals surface area contributed by atoms with Gasteiger partial charge in [0.2, 0.25) is 0 Å². The van der Waals surface area contributed by atoms with Gasteiger partial charge in [0.1, 0.15) is 0 Å². The summed E-state index contributed by atoms with van der Waals surface area (Å²) >= 11 is 0. The molecule has 0 fully saturated rings. The van der Waals surface area contributed by atoms with E-state index in [-0.39, 0.29) is 30.7 Å². The summed E-state index contributed by atoms with van der Waals surface area (Å²) in [5, 5.41) is 6.28. The average molecular weight is 426 g/mol. The molecule has 0 unspecified atom stereocenters. The third-order valence-electron chi connectivity index (χ3n) is 4.50. The van der Waals surface area contributed by atoms with Crippen molar-refractivity contribution in [2.24, 2.45) is 0 Å². The Balaban J connectivity index is 0.00000364. The molecule has 0 saturated carbocycles. The number of hydrogen-bond acceptors (Lipinski definition) is 3. The van der Waals surface area contributed by atoms with Crippen molar-refractivity contribution in [1.29, 1.82) is 0 Å². The maximum absolute atomic E-state index is 12.5. The Morgan fingerprint density at radius 1 is 1.00 bits per heavy atom. The standard InChI is InChI=1S/C22H31N3O.2ClH/c1-5-23-15-19-8-7-9-21(14-19)24-22(26)20-12-10-18(11-13-20)16-25(6-2)17(3)4;;/h7-14,17,23H,5-6,15-16H2,1-4H3,(H,24,26);2*1H. The van der Waals surface area contributed by atoms with Gasteiger partial charge in [-0.1, -0.05) is 38.1 Å². The van der Waals surface area contributed by atoms with Crippen molar-refractivity contribution in [3.8, 4) is 0 Å². The maximum atomic E-state index is 12.5. The van der Waals surface area contributed by atoms with Crippen LogP contribution in [-0.4, -0.2) is 29.9 Å². The molecule has 6 heteroatoms. The molecule has 0 radical (unpaired) electrons. The second-order valence-corrected chi connectivity index (χ2v) is 6.79. The Bertz CT molecular complexity index is 705. The number of benzene rings is 2. The number of anilines is 1. The molecule has 2 N–H and O–H groups in total. The van der Waals surface area contributed by atoms with Crippen LogP contribution in [0, 0.1) is 0 Å². The van der Waals surface area contributed by atoms with Gasteiger partial charge in [-0.2, -0.15) is 0 Å². The van der Waals surface area contributed by atoms with E-state index < -0.39 is 0 Å². The van der Waals surface area contributed by atoms with Crippen LogP contribution in [0.4, 0.5) is 5.69 Å². The van der Waals surface area contributed by atoms with E-state index in [0.717, 1.165) is 37.4 Å². The molecule has 28 heavy (non-hydrogen) atoms. The normalized spacial score (nSPS) is 10.4. The predicted octanol–water partition coefficient (Wildman–Crippen LogP) is 5.12. The predicted molar refractivity (Wildman–Crippen MR) is 124 cm³/mol. The molecule has 0 atom stereocenters. The monoisotopic (exact) mass is 425 g/mol. The van der Waals surface area contributed by atoms with Gasteiger partial charge < -0.3 is 10.6 Å². The van der Waals surface area contributed by atoms with Gasteiger partial charge in [0.05, 0.1) is 0 Å². The Morgan fingerprint density at radius 3 is 2.25 bits per heavy atom. The van der Waals surface area contributed by atoms with Crippen LogP contribution >= 0.6 is 24.8 Å². The van der Waals surface area contributed by atoms with Crippen LogP contribution in [0.3, 0.4) is 0 Å². The van der Waals surface area contributed by atoms with Crippen LogP contribution in [0.25, 0.3) is 0 Å². The first kappa shape index (κ1) is 26.4. The zero-order chi connectivity index (χ0) is 18.9. The molecule has 4 nitrogen and oxygen atoms in total. The van der Waals surface area contributed by atoms with Crippen LogP contribution in [-0.2, 0) is 13.1 Å². The van der Waals surface area contributed by atoms with Gasteiger partial charge >= 0.3 is 0 Å². The highest BCUT2D eigenvalue weighted by Gasteiger charge is 2.10. The summed E-state index contributed by atoms with van der Waals surface area (Å²) in [5.41, 5.74) is 3.89. The number of halogens is 2. The summed E-state index contributed by atoms with van der Waals surface area (Å²) in [6.07, 6.45) is 0. The molecule has 0 saturated heterocycles. The summed E-state index contributed by atoms with van der Waals surface area (Å²) in [6, 6.07) is 16.4. The van der Waals surface area contributed by atoms with Crippen LogP contribution in [0.1, 0.15) is 49.2 Å². The van der Waals surface area contributed by atoms with Gasteiger partial charge in [-0.3, -0.25) is 9.69 Å². The number of nitrogens with zero attached hydrogens (tertiary/aromatic N) is 1. The third kappa shape index (κ3) is 8.19. The highest BCUT2D eigenvalue weighted by molar-refractivity contribution is 6.04. The van der Waals surface area contributed by atoms with E-state index in [1.807, 2.05) is 42.5 Å².